The molecule has 0 bridgehead atoms. The molecule has 0 spiro atoms. The summed E-state index contributed by atoms with van der Waals surface area (Å²) in [6, 6.07) is 13.6. The summed E-state index contributed by atoms with van der Waals surface area (Å²) in [4.78, 5) is 24.0. The highest BCUT2D eigenvalue weighted by molar-refractivity contribution is 5.86. The van der Waals surface area contributed by atoms with Crippen molar-refractivity contribution >= 4 is 17.9 Å². The standard InChI is InChI=1S/C16H16N2O5/c19-15(20)9-11-17(14-8-4-5-10-18(14)22)16(21)23-12-13-6-2-1-3-7-13/h1-8,10H,9,11-12H2,(H,19,20). The van der Waals surface area contributed by atoms with E-state index in [1.165, 1.54) is 18.3 Å². The molecule has 2 rings (SSSR count). The second-order valence-electron chi connectivity index (χ2n) is 4.72. The zero-order chi connectivity index (χ0) is 16.7. The number of nitrogens with zero attached hydrogens (tertiary/aromatic N) is 2. The molecule has 0 fully saturated rings. The Morgan fingerprint density at radius 2 is 1.83 bits per heavy atom. The Morgan fingerprint density at radius 3 is 2.48 bits per heavy atom. The second-order valence-corrected chi connectivity index (χ2v) is 4.72. The van der Waals surface area contributed by atoms with Gasteiger partial charge in [0.25, 0.3) is 5.82 Å². The molecule has 1 aromatic carbocycles. The van der Waals surface area contributed by atoms with E-state index in [0.717, 1.165) is 10.5 Å². The van der Waals surface area contributed by atoms with Gasteiger partial charge in [-0.2, -0.15) is 9.69 Å². The molecule has 7 nitrogen and oxygen atoms in total. The molecule has 1 aromatic heterocycles. The molecule has 0 aliphatic heterocycles. The van der Waals surface area contributed by atoms with Gasteiger partial charge in [-0.3, -0.25) is 4.79 Å². The molecule has 7 heteroatoms. The maximum Gasteiger partial charge on any atom is 0.507 e. The quantitative estimate of drug-likeness (QED) is 0.649. The van der Waals surface area contributed by atoms with Crippen molar-refractivity contribution in [3.8, 4) is 0 Å². The van der Waals surface area contributed by atoms with Crippen molar-refractivity contribution < 1.29 is 24.2 Å². The predicted octanol–water partition coefficient (Wildman–Crippen LogP) is 1.94. The van der Waals surface area contributed by atoms with Crippen molar-refractivity contribution in [1.82, 2.24) is 0 Å². The molecule has 1 N–H and O–H groups in total. The number of carbonyl (C=O) groups is 2. The molecule has 0 atom stereocenters. The molecule has 0 aliphatic carbocycles. The summed E-state index contributed by atoms with van der Waals surface area (Å²) in [6.45, 7) is -0.121. The van der Waals surface area contributed by atoms with Crippen LogP contribution in [0.5, 0.6) is 0 Å². The van der Waals surface area contributed by atoms with Gasteiger partial charge < -0.3 is 15.1 Å². The number of hydrogen-bond acceptors (Lipinski definition) is 4. The van der Waals surface area contributed by atoms with Crippen LogP contribution < -0.4 is 9.63 Å². The van der Waals surface area contributed by atoms with Gasteiger partial charge in [-0.25, -0.2) is 4.73 Å². The first-order valence-electron chi connectivity index (χ1n) is 6.96. The van der Waals surface area contributed by atoms with Gasteiger partial charge in [0.05, 0.1) is 12.6 Å². The van der Waals surface area contributed by atoms with Gasteiger partial charge >= 0.3 is 12.1 Å². The molecule has 0 saturated heterocycles. The molecule has 1 heterocycles. The molecular formula is C16H16N2O5. The van der Waals surface area contributed by atoms with Crippen LogP contribution in [0.4, 0.5) is 10.6 Å². The zero-order valence-corrected chi connectivity index (χ0v) is 12.3. The van der Waals surface area contributed by atoms with Gasteiger partial charge in [-0.15, -0.1) is 0 Å². The van der Waals surface area contributed by atoms with Gasteiger partial charge in [-0.05, 0) is 11.6 Å². The van der Waals surface area contributed by atoms with Crippen LogP contribution in [0.15, 0.2) is 54.7 Å². The Labute approximate surface area is 132 Å². The normalized spacial score (nSPS) is 10.1. The number of ether oxygens (including phenoxy) is 1. The van der Waals surface area contributed by atoms with Crippen LogP contribution in [-0.4, -0.2) is 23.7 Å². The minimum atomic E-state index is -1.07. The average Bonchev–Trinajstić information content (AvgIpc) is 2.55. The predicted molar refractivity (Wildman–Crippen MR) is 81.6 cm³/mol. The summed E-state index contributed by atoms with van der Waals surface area (Å²) in [5.41, 5.74) is 0.794. The fourth-order valence-electron chi connectivity index (χ4n) is 1.93. The SMILES string of the molecule is O=C(O)CCN(C(=O)OCc1ccccc1)c1cccc[n+]1[O-]. The zero-order valence-electron chi connectivity index (χ0n) is 12.3. The van der Waals surface area contributed by atoms with Crippen molar-refractivity contribution in [3.05, 3.63) is 65.5 Å². The Balaban J connectivity index is 2.11. The number of carboxylic acids is 1. The molecule has 23 heavy (non-hydrogen) atoms. The van der Waals surface area contributed by atoms with Crippen molar-refractivity contribution in [3.63, 3.8) is 0 Å². The number of rotatable bonds is 6. The third kappa shape index (κ3) is 4.70. The van der Waals surface area contributed by atoms with Crippen LogP contribution in [0.25, 0.3) is 0 Å². The van der Waals surface area contributed by atoms with Crippen LogP contribution in [0.3, 0.4) is 0 Å². The Bertz CT molecular complexity index is 675. The number of amides is 1. The molecule has 120 valence electrons. The first-order chi connectivity index (χ1) is 11.1. The second kappa shape index (κ2) is 7.79. The number of anilines is 1. The van der Waals surface area contributed by atoms with Crippen LogP contribution in [0.2, 0.25) is 0 Å². The van der Waals surface area contributed by atoms with Gasteiger partial charge in [0.2, 0.25) is 0 Å². The number of benzene rings is 1. The molecule has 0 unspecified atom stereocenters. The minimum Gasteiger partial charge on any atom is -0.711 e. The summed E-state index contributed by atoms with van der Waals surface area (Å²) in [5.74, 6) is -1.05. The van der Waals surface area contributed by atoms with Crippen LogP contribution in [0.1, 0.15) is 12.0 Å². The summed E-state index contributed by atoms with van der Waals surface area (Å²) in [6.07, 6.45) is 0.161. The third-order valence-corrected chi connectivity index (χ3v) is 3.06. The first-order valence-corrected chi connectivity index (χ1v) is 6.96. The van der Waals surface area contributed by atoms with Crippen LogP contribution >= 0.6 is 0 Å². The van der Waals surface area contributed by atoms with E-state index in [9.17, 15) is 14.8 Å². The minimum absolute atomic E-state index is 0.0202. The van der Waals surface area contributed by atoms with E-state index < -0.39 is 12.1 Å². The fraction of sp³-hybridized carbons (Fsp3) is 0.188. The number of aromatic nitrogens is 1. The van der Waals surface area contributed by atoms with E-state index in [0.29, 0.717) is 4.73 Å². The lowest BCUT2D eigenvalue weighted by molar-refractivity contribution is -0.591. The molecule has 2 aromatic rings. The van der Waals surface area contributed by atoms with Crippen LogP contribution in [0, 0.1) is 5.21 Å². The number of hydrogen-bond donors (Lipinski definition) is 1. The van der Waals surface area contributed by atoms with E-state index in [2.05, 4.69) is 0 Å². The number of carbonyl (C=O) groups excluding carboxylic acids is 1. The number of carboxylic acid groups (broad SMARTS) is 1. The first kappa shape index (κ1) is 16.3. The lowest BCUT2D eigenvalue weighted by Gasteiger charge is -2.17. The average molecular weight is 316 g/mol. The van der Waals surface area contributed by atoms with E-state index in [1.54, 1.807) is 18.2 Å². The summed E-state index contributed by atoms with van der Waals surface area (Å²) < 4.78 is 5.67. The van der Waals surface area contributed by atoms with Gasteiger partial charge in [-0.1, -0.05) is 36.4 Å². The molecule has 0 saturated carbocycles. The van der Waals surface area contributed by atoms with E-state index in [1.807, 2.05) is 18.2 Å². The number of aliphatic carboxylic acids is 1. The van der Waals surface area contributed by atoms with Gasteiger partial charge in [0.1, 0.15) is 13.2 Å². The summed E-state index contributed by atoms with van der Waals surface area (Å²) in [5, 5.41) is 20.6. The van der Waals surface area contributed by atoms with Gasteiger partial charge in [0, 0.05) is 6.07 Å². The van der Waals surface area contributed by atoms with E-state index in [4.69, 9.17) is 9.84 Å². The summed E-state index contributed by atoms with van der Waals surface area (Å²) >= 11 is 0. The Hall–Kier alpha value is -3.09. The van der Waals surface area contributed by atoms with Crippen molar-refractivity contribution in [1.29, 1.82) is 0 Å². The van der Waals surface area contributed by atoms with Crippen molar-refractivity contribution in [2.45, 2.75) is 13.0 Å². The lowest BCUT2D eigenvalue weighted by atomic mass is 10.2. The molecule has 0 aliphatic rings. The highest BCUT2D eigenvalue weighted by Crippen LogP contribution is 2.11. The maximum atomic E-state index is 12.2. The van der Waals surface area contributed by atoms with Crippen LogP contribution in [-0.2, 0) is 16.1 Å². The smallest absolute Gasteiger partial charge is 0.507 e. The molecule has 1 amide bonds. The Morgan fingerprint density at radius 1 is 1.13 bits per heavy atom. The van der Waals surface area contributed by atoms with Crippen molar-refractivity contribution in [2.75, 3.05) is 11.4 Å². The third-order valence-electron chi connectivity index (χ3n) is 3.06. The molecule has 0 radical (unpaired) electrons. The maximum absolute atomic E-state index is 12.2. The Kier molecular flexibility index (Phi) is 5.51. The molecular weight excluding hydrogens is 300 g/mol. The highest BCUT2D eigenvalue weighted by atomic mass is 16.6. The topological polar surface area (TPSA) is 93.8 Å². The van der Waals surface area contributed by atoms with E-state index >= 15 is 0 Å². The fourth-order valence-corrected chi connectivity index (χ4v) is 1.93. The monoisotopic (exact) mass is 316 g/mol. The lowest BCUT2D eigenvalue weighted by Crippen LogP contribution is -2.42. The largest absolute Gasteiger partial charge is 0.711 e. The number of pyridine rings is 1. The van der Waals surface area contributed by atoms with Crippen molar-refractivity contribution in [2.24, 2.45) is 0 Å². The summed E-state index contributed by atoms with van der Waals surface area (Å²) in [7, 11) is 0. The van der Waals surface area contributed by atoms with E-state index in [-0.39, 0.29) is 25.4 Å². The van der Waals surface area contributed by atoms with Gasteiger partial charge in [0.15, 0.2) is 0 Å². The highest BCUT2D eigenvalue weighted by Gasteiger charge is 2.28.